The van der Waals surface area contributed by atoms with Crippen LogP contribution in [0.15, 0.2) is 54.6 Å². The number of hydrogen-bond acceptors (Lipinski definition) is 9. The van der Waals surface area contributed by atoms with E-state index in [9.17, 15) is 44.4 Å². The monoisotopic (exact) mass is 656 g/mol. The maximum absolute atomic E-state index is 14.0. The van der Waals surface area contributed by atoms with Gasteiger partial charge in [0.2, 0.25) is 0 Å². The van der Waals surface area contributed by atoms with E-state index in [0.717, 1.165) is 18.2 Å². The second-order valence-corrected chi connectivity index (χ2v) is 9.96. The van der Waals surface area contributed by atoms with Crippen LogP contribution in [0.1, 0.15) is 55.0 Å². The summed E-state index contributed by atoms with van der Waals surface area (Å²) in [6, 6.07) is 9.93. The van der Waals surface area contributed by atoms with Gasteiger partial charge in [0.15, 0.2) is 17.5 Å². The Morgan fingerprint density at radius 2 is 1.78 bits per heavy atom. The first-order chi connectivity index (χ1) is 21.3. The van der Waals surface area contributed by atoms with Crippen LogP contribution in [0.3, 0.4) is 0 Å². The maximum Gasteiger partial charge on any atom is 0.343 e. The van der Waals surface area contributed by atoms with Crippen molar-refractivity contribution in [2.45, 2.75) is 31.8 Å². The first-order valence-electron chi connectivity index (χ1n) is 13.4. The van der Waals surface area contributed by atoms with Gasteiger partial charge in [-0.25, -0.2) is 14.4 Å². The fourth-order valence-electron chi connectivity index (χ4n) is 4.80. The SMILES string of the molecule is Cl.N=C(N)Nc1ccc2c(c1)CCCOc1c(cccc1C(=O)N(Cc1cc(O)cc(C(=O)O)c1)[C@@H](CC(=O)O)C(=O)O)OC2=O. The van der Waals surface area contributed by atoms with Crippen LogP contribution in [-0.4, -0.2) is 73.7 Å². The molecule has 0 unspecified atom stereocenters. The molecule has 16 heteroatoms. The average molecular weight is 657 g/mol. The molecule has 1 heterocycles. The second-order valence-electron chi connectivity index (χ2n) is 9.96. The zero-order valence-corrected chi connectivity index (χ0v) is 24.7. The molecule has 3 aromatic rings. The first kappa shape index (κ1) is 34.7. The highest BCUT2D eigenvalue weighted by Crippen LogP contribution is 2.35. The number of carbonyl (C=O) groups excluding carboxylic acids is 2. The molecule has 0 radical (unpaired) electrons. The van der Waals surface area contributed by atoms with Gasteiger partial charge in [0.25, 0.3) is 5.91 Å². The van der Waals surface area contributed by atoms with Crippen LogP contribution in [-0.2, 0) is 22.6 Å². The number of hydrogen-bond donors (Lipinski definition) is 7. The van der Waals surface area contributed by atoms with Crippen molar-refractivity contribution in [2.75, 3.05) is 11.9 Å². The number of benzene rings is 3. The van der Waals surface area contributed by atoms with Crippen LogP contribution in [0.25, 0.3) is 0 Å². The third kappa shape index (κ3) is 8.21. The molecule has 0 spiro atoms. The zero-order chi connectivity index (χ0) is 32.8. The molecule has 8 N–H and O–H groups in total. The fourth-order valence-corrected chi connectivity index (χ4v) is 4.80. The smallest absolute Gasteiger partial charge is 0.343 e. The summed E-state index contributed by atoms with van der Waals surface area (Å²) in [5.74, 6) is -7.51. The van der Waals surface area contributed by atoms with Gasteiger partial charge < -0.3 is 45.9 Å². The molecule has 46 heavy (non-hydrogen) atoms. The molecular formula is C30H29ClN4O11. The Bertz CT molecular complexity index is 1710. The summed E-state index contributed by atoms with van der Waals surface area (Å²) >= 11 is 0. The highest BCUT2D eigenvalue weighted by Gasteiger charge is 2.35. The van der Waals surface area contributed by atoms with E-state index in [1.165, 1.54) is 30.3 Å². The number of aryl methyl sites for hydroxylation is 1. The number of guanidine groups is 1. The lowest BCUT2D eigenvalue weighted by Crippen LogP contribution is -2.46. The molecule has 0 aromatic heterocycles. The molecule has 15 nitrogen and oxygen atoms in total. The largest absolute Gasteiger partial charge is 0.508 e. The van der Waals surface area contributed by atoms with Crippen LogP contribution in [0.4, 0.5) is 5.69 Å². The van der Waals surface area contributed by atoms with E-state index in [4.69, 9.17) is 20.6 Å². The van der Waals surface area contributed by atoms with Crippen LogP contribution in [0.2, 0.25) is 0 Å². The average Bonchev–Trinajstić information content (AvgIpc) is 2.96. The standard InChI is InChI=1S/C30H28N4O11.ClH/c31-30(32)33-18-6-7-20-16(11-18)3-2-8-44-25-21(4-1-5-23(25)45-29(20)43)26(38)34(22(28(41)42)13-24(36)37)14-15-9-17(27(39)40)12-19(35)10-15;/h1,4-7,9-12,22,35H,2-3,8,13-14H2,(H,36,37)(H,39,40)(H,41,42)(H4,31,32,33);1H/t22-;/m0./s1. The Labute approximate surface area is 267 Å². The Hall–Kier alpha value is -5.83. The molecule has 0 aliphatic carbocycles. The zero-order valence-electron chi connectivity index (χ0n) is 23.9. The molecule has 1 aliphatic heterocycles. The van der Waals surface area contributed by atoms with E-state index in [-0.39, 0.29) is 58.7 Å². The van der Waals surface area contributed by atoms with Gasteiger partial charge in [-0.05, 0) is 72.5 Å². The van der Waals surface area contributed by atoms with Crippen molar-refractivity contribution in [1.29, 1.82) is 5.41 Å². The van der Waals surface area contributed by atoms with Crippen molar-refractivity contribution >= 4 is 53.8 Å². The molecule has 242 valence electrons. The summed E-state index contributed by atoms with van der Waals surface area (Å²) in [7, 11) is 0. The molecular weight excluding hydrogens is 628 g/mol. The number of fused-ring (bicyclic) bond motifs is 2. The number of nitrogens with two attached hydrogens (primary N) is 1. The van der Waals surface area contributed by atoms with E-state index in [2.05, 4.69) is 5.32 Å². The number of halogens is 1. The number of esters is 1. The summed E-state index contributed by atoms with van der Waals surface area (Å²) in [6.07, 6.45) is -0.320. The molecule has 1 atom stereocenters. The van der Waals surface area contributed by atoms with Crippen LogP contribution >= 0.6 is 12.4 Å². The number of carboxylic acid groups (broad SMARTS) is 3. The lowest BCUT2D eigenvalue weighted by atomic mass is 10.0. The number of aromatic hydroxyl groups is 1. The summed E-state index contributed by atoms with van der Waals surface area (Å²) in [6.45, 7) is -0.587. The van der Waals surface area contributed by atoms with E-state index in [1.807, 2.05) is 0 Å². The summed E-state index contributed by atoms with van der Waals surface area (Å²) in [5, 5.41) is 48.9. The number of aliphatic carboxylic acids is 2. The molecule has 4 rings (SSSR count). The van der Waals surface area contributed by atoms with Gasteiger partial charge in [-0.1, -0.05) is 6.07 Å². The lowest BCUT2D eigenvalue weighted by Gasteiger charge is -2.29. The number of nitrogens with zero attached hydrogens (tertiary/aromatic N) is 1. The minimum atomic E-state index is -1.92. The molecule has 1 aliphatic rings. The van der Waals surface area contributed by atoms with Crippen molar-refractivity contribution < 1.29 is 53.9 Å². The van der Waals surface area contributed by atoms with Gasteiger partial charge in [0, 0.05) is 12.2 Å². The van der Waals surface area contributed by atoms with Crippen molar-refractivity contribution in [1.82, 2.24) is 4.90 Å². The Morgan fingerprint density at radius 3 is 2.43 bits per heavy atom. The number of aromatic carboxylic acids is 1. The molecule has 1 amide bonds. The predicted octanol–water partition coefficient (Wildman–Crippen LogP) is 2.93. The van der Waals surface area contributed by atoms with Gasteiger partial charge >= 0.3 is 23.9 Å². The lowest BCUT2D eigenvalue weighted by molar-refractivity contribution is -0.149. The van der Waals surface area contributed by atoms with Crippen molar-refractivity contribution in [3.8, 4) is 17.2 Å². The van der Waals surface area contributed by atoms with Crippen LogP contribution < -0.4 is 20.5 Å². The number of carboxylic acids is 3. The van der Waals surface area contributed by atoms with Crippen LogP contribution in [0.5, 0.6) is 17.2 Å². The predicted molar refractivity (Wildman–Crippen MR) is 163 cm³/mol. The van der Waals surface area contributed by atoms with Crippen molar-refractivity contribution in [3.05, 3.63) is 82.4 Å². The quantitative estimate of drug-likeness (QED) is 0.0758. The minimum Gasteiger partial charge on any atom is -0.508 e. The molecule has 0 fully saturated rings. The van der Waals surface area contributed by atoms with Gasteiger partial charge in [-0.2, -0.15) is 0 Å². The third-order valence-corrected chi connectivity index (χ3v) is 6.72. The third-order valence-electron chi connectivity index (χ3n) is 6.72. The minimum absolute atomic E-state index is 0. The summed E-state index contributed by atoms with van der Waals surface area (Å²) in [5.41, 5.74) is 6.09. The van der Waals surface area contributed by atoms with Crippen LogP contribution in [0, 0.1) is 5.41 Å². The number of ether oxygens (including phenoxy) is 2. The number of anilines is 1. The second kappa shape index (κ2) is 14.8. The first-order valence-corrected chi connectivity index (χ1v) is 13.4. The van der Waals surface area contributed by atoms with Crippen molar-refractivity contribution in [3.63, 3.8) is 0 Å². The maximum atomic E-state index is 14.0. The van der Waals surface area contributed by atoms with E-state index in [0.29, 0.717) is 29.0 Å². The molecule has 3 aromatic carbocycles. The molecule has 0 saturated heterocycles. The number of carbonyl (C=O) groups is 5. The fraction of sp³-hybridized carbons (Fsp3) is 0.200. The summed E-state index contributed by atoms with van der Waals surface area (Å²) in [4.78, 5) is 63.4. The highest BCUT2D eigenvalue weighted by atomic mass is 35.5. The number of para-hydroxylation sites is 1. The van der Waals surface area contributed by atoms with Gasteiger partial charge in [-0.3, -0.25) is 15.0 Å². The normalized spacial score (nSPS) is 12.8. The molecule has 0 bridgehead atoms. The number of phenols is 1. The number of nitrogens with one attached hydrogen (secondary N) is 2. The number of phenolic OH excluding ortho intramolecular Hbond substituents is 1. The van der Waals surface area contributed by atoms with Crippen molar-refractivity contribution in [2.24, 2.45) is 5.73 Å². The topological polar surface area (TPSA) is 250 Å². The highest BCUT2D eigenvalue weighted by molar-refractivity contribution is 6.01. The number of rotatable bonds is 9. The van der Waals surface area contributed by atoms with Gasteiger partial charge in [-0.15, -0.1) is 12.4 Å². The van der Waals surface area contributed by atoms with E-state index in [1.54, 1.807) is 6.07 Å². The molecule has 0 saturated carbocycles. The van der Waals surface area contributed by atoms with E-state index >= 15 is 0 Å². The summed E-state index contributed by atoms with van der Waals surface area (Å²) < 4.78 is 11.5. The Kier molecular flexibility index (Phi) is 11.1. The van der Waals surface area contributed by atoms with Gasteiger partial charge in [0.1, 0.15) is 11.8 Å². The Balaban J connectivity index is 0.00000576. The Morgan fingerprint density at radius 1 is 1.04 bits per heavy atom. The van der Waals surface area contributed by atoms with Gasteiger partial charge in [0.05, 0.1) is 29.7 Å². The van der Waals surface area contributed by atoms with E-state index < -0.39 is 54.5 Å². The number of amides is 1.